The summed E-state index contributed by atoms with van der Waals surface area (Å²) in [5, 5.41) is 3.63. The van der Waals surface area contributed by atoms with Crippen LogP contribution in [0.15, 0.2) is 0 Å². The third kappa shape index (κ3) is 8.21. The van der Waals surface area contributed by atoms with Crippen LogP contribution in [0, 0.1) is 5.41 Å². The van der Waals surface area contributed by atoms with Crippen LogP contribution in [-0.2, 0) is 0 Å². The van der Waals surface area contributed by atoms with Gasteiger partial charge in [0.1, 0.15) is 0 Å². The molecule has 0 spiro atoms. The van der Waals surface area contributed by atoms with E-state index in [1.807, 2.05) is 11.8 Å². The molecule has 0 aliphatic rings. The average Bonchev–Trinajstić information content (AvgIpc) is 2.33. The first kappa shape index (κ1) is 19.3. The molecule has 0 aliphatic carbocycles. The summed E-state index contributed by atoms with van der Waals surface area (Å²) in [5.74, 6) is 1.24. The van der Waals surface area contributed by atoms with Crippen LogP contribution < -0.4 is 5.32 Å². The maximum absolute atomic E-state index is 3.63. The van der Waals surface area contributed by atoms with Crippen molar-refractivity contribution < 1.29 is 0 Å². The highest BCUT2D eigenvalue weighted by molar-refractivity contribution is 7.98. The Kier molecular flexibility index (Phi) is 10.2. The minimum absolute atomic E-state index is 0.388. The first-order valence-electron chi connectivity index (χ1n) is 7.81. The van der Waals surface area contributed by atoms with Gasteiger partial charge in [0.05, 0.1) is 0 Å². The van der Waals surface area contributed by atoms with E-state index in [4.69, 9.17) is 0 Å². The number of hydrogen-bond donors (Lipinski definition) is 1. The lowest BCUT2D eigenvalue weighted by Crippen LogP contribution is -2.46. The van der Waals surface area contributed by atoms with E-state index in [0.717, 1.165) is 6.54 Å². The van der Waals surface area contributed by atoms with E-state index in [0.29, 0.717) is 17.5 Å². The van der Waals surface area contributed by atoms with E-state index in [1.165, 1.54) is 31.6 Å². The van der Waals surface area contributed by atoms with Crippen LogP contribution in [-0.4, -0.2) is 49.1 Å². The molecule has 0 radical (unpaired) electrons. The number of nitrogens with zero attached hydrogens (tertiary/aromatic N) is 1. The molecular weight excluding hydrogens is 252 g/mol. The lowest BCUT2D eigenvalue weighted by molar-refractivity contribution is 0.139. The second-order valence-corrected chi connectivity index (χ2v) is 7.44. The molecule has 0 bridgehead atoms. The van der Waals surface area contributed by atoms with Crippen LogP contribution >= 0.6 is 11.8 Å². The zero-order valence-corrected chi connectivity index (χ0v) is 15.1. The average molecular weight is 289 g/mol. The van der Waals surface area contributed by atoms with Gasteiger partial charge in [-0.3, -0.25) is 0 Å². The Labute approximate surface area is 126 Å². The zero-order valence-electron chi connectivity index (χ0n) is 14.3. The number of nitrogens with one attached hydrogen (secondary N) is 1. The summed E-state index contributed by atoms with van der Waals surface area (Å²) in [6.45, 7) is 13.8. The van der Waals surface area contributed by atoms with Crippen molar-refractivity contribution in [2.45, 2.75) is 66.0 Å². The minimum Gasteiger partial charge on any atom is -0.314 e. The first-order valence-corrected chi connectivity index (χ1v) is 9.20. The maximum atomic E-state index is 3.63. The van der Waals surface area contributed by atoms with Gasteiger partial charge in [0.25, 0.3) is 0 Å². The Bertz CT molecular complexity index is 221. The number of hydrogen-bond acceptors (Lipinski definition) is 3. The summed E-state index contributed by atoms with van der Waals surface area (Å²) in [6, 6.07) is 1.29. The third-order valence-corrected chi connectivity index (χ3v) is 4.59. The smallest absolute Gasteiger partial charge is 0.0180 e. The van der Waals surface area contributed by atoms with E-state index in [1.54, 1.807) is 0 Å². The van der Waals surface area contributed by atoms with E-state index in [-0.39, 0.29) is 0 Å². The molecule has 116 valence electrons. The number of rotatable bonds is 11. The highest BCUT2D eigenvalue weighted by atomic mass is 32.2. The third-order valence-electron chi connectivity index (χ3n) is 3.88. The molecule has 0 aliphatic heterocycles. The van der Waals surface area contributed by atoms with Crippen LogP contribution in [0.25, 0.3) is 0 Å². The Morgan fingerprint density at radius 1 is 1.26 bits per heavy atom. The van der Waals surface area contributed by atoms with Gasteiger partial charge in [-0.1, -0.05) is 41.0 Å². The van der Waals surface area contributed by atoms with Gasteiger partial charge < -0.3 is 10.2 Å². The second kappa shape index (κ2) is 10.1. The molecule has 2 unspecified atom stereocenters. The van der Waals surface area contributed by atoms with Gasteiger partial charge in [-0.2, -0.15) is 11.8 Å². The molecule has 0 heterocycles. The van der Waals surface area contributed by atoms with Crippen molar-refractivity contribution in [1.82, 2.24) is 10.2 Å². The normalized spacial score (nSPS) is 16.9. The summed E-state index contributed by atoms with van der Waals surface area (Å²) < 4.78 is 0. The Morgan fingerprint density at radius 3 is 2.32 bits per heavy atom. The van der Waals surface area contributed by atoms with Crippen molar-refractivity contribution in [3.8, 4) is 0 Å². The Balaban J connectivity index is 4.52. The summed E-state index contributed by atoms with van der Waals surface area (Å²) in [7, 11) is 2.30. The molecular formula is C16H36N2S. The fraction of sp³-hybridized carbons (Fsp3) is 1.00. The molecule has 0 aromatic carbocycles. The molecule has 1 N–H and O–H groups in total. The second-order valence-electron chi connectivity index (χ2n) is 6.53. The van der Waals surface area contributed by atoms with E-state index < -0.39 is 0 Å². The van der Waals surface area contributed by atoms with Gasteiger partial charge in [-0.15, -0.1) is 0 Å². The molecule has 0 rings (SSSR count). The van der Waals surface area contributed by atoms with Crippen molar-refractivity contribution in [2.24, 2.45) is 5.41 Å². The van der Waals surface area contributed by atoms with Crippen LogP contribution in [0.3, 0.4) is 0 Å². The first-order chi connectivity index (χ1) is 8.88. The molecule has 3 heteroatoms. The van der Waals surface area contributed by atoms with Crippen molar-refractivity contribution in [3.05, 3.63) is 0 Å². The zero-order chi connectivity index (χ0) is 14.9. The fourth-order valence-electron chi connectivity index (χ4n) is 2.76. The predicted molar refractivity (Wildman–Crippen MR) is 91.2 cm³/mol. The highest BCUT2D eigenvalue weighted by Crippen LogP contribution is 2.25. The lowest BCUT2D eigenvalue weighted by Gasteiger charge is -2.38. The van der Waals surface area contributed by atoms with Gasteiger partial charge in [0.15, 0.2) is 0 Å². The molecule has 0 fully saturated rings. The van der Waals surface area contributed by atoms with Gasteiger partial charge in [-0.25, -0.2) is 0 Å². The largest absolute Gasteiger partial charge is 0.314 e. The van der Waals surface area contributed by atoms with E-state index in [9.17, 15) is 0 Å². The molecule has 0 aromatic heterocycles. The summed E-state index contributed by atoms with van der Waals surface area (Å²) in [6.07, 6.45) is 6.02. The summed E-state index contributed by atoms with van der Waals surface area (Å²) in [4.78, 5) is 2.58. The Morgan fingerprint density at radius 2 is 1.89 bits per heavy atom. The van der Waals surface area contributed by atoms with Crippen molar-refractivity contribution in [2.75, 3.05) is 32.1 Å². The molecule has 0 aromatic rings. The van der Waals surface area contributed by atoms with Gasteiger partial charge in [-0.05, 0) is 31.6 Å². The van der Waals surface area contributed by atoms with Crippen molar-refractivity contribution in [1.29, 1.82) is 0 Å². The monoisotopic (exact) mass is 288 g/mol. The molecule has 2 nitrogen and oxygen atoms in total. The predicted octanol–water partition coefficient (Wildman–Crippen LogP) is 3.86. The number of thioether (sulfide) groups is 1. The van der Waals surface area contributed by atoms with Crippen LogP contribution in [0.1, 0.15) is 53.9 Å². The van der Waals surface area contributed by atoms with E-state index in [2.05, 4.69) is 58.1 Å². The molecule has 0 saturated heterocycles. The lowest BCUT2D eigenvalue weighted by atomic mass is 9.84. The SMILES string of the molecule is CCCC(C)(CNC(C)C)CN(C)C(CC)CSC. The van der Waals surface area contributed by atoms with Crippen molar-refractivity contribution in [3.63, 3.8) is 0 Å². The van der Waals surface area contributed by atoms with Gasteiger partial charge in [0, 0.05) is 30.9 Å². The molecule has 2 atom stereocenters. The van der Waals surface area contributed by atoms with Gasteiger partial charge in [0.2, 0.25) is 0 Å². The topological polar surface area (TPSA) is 15.3 Å². The maximum Gasteiger partial charge on any atom is 0.0180 e. The summed E-state index contributed by atoms with van der Waals surface area (Å²) >= 11 is 1.96. The minimum atomic E-state index is 0.388. The molecule has 19 heavy (non-hydrogen) atoms. The van der Waals surface area contributed by atoms with Crippen LogP contribution in [0.4, 0.5) is 0 Å². The molecule has 0 amide bonds. The van der Waals surface area contributed by atoms with Crippen molar-refractivity contribution >= 4 is 11.8 Å². The van der Waals surface area contributed by atoms with Crippen LogP contribution in [0.5, 0.6) is 0 Å². The standard InChI is InChI=1S/C16H36N2S/c1-8-10-16(5,12-17-14(3)4)13-18(6)15(9-2)11-19-7/h14-15,17H,8-13H2,1-7H3. The quantitative estimate of drug-likeness (QED) is 0.621. The van der Waals surface area contributed by atoms with Crippen LogP contribution in [0.2, 0.25) is 0 Å². The fourth-order valence-corrected chi connectivity index (χ4v) is 3.63. The highest BCUT2D eigenvalue weighted by Gasteiger charge is 2.27. The Hall–Kier alpha value is 0.270. The molecule has 0 saturated carbocycles. The van der Waals surface area contributed by atoms with E-state index >= 15 is 0 Å². The van der Waals surface area contributed by atoms with Gasteiger partial charge >= 0.3 is 0 Å². The summed E-state index contributed by atoms with van der Waals surface area (Å²) in [5.41, 5.74) is 0.388.